The lowest BCUT2D eigenvalue weighted by Gasteiger charge is -2.13. The minimum Gasteiger partial charge on any atom is -0.423 e. The average molecular weight is 490 g/mol. The summed E-state index contributed by atoms with van der Waals surface area (Å²) in [5.41, 5.74) is 3.13. The van der Waals surface area contributed by atoms with Crippen LogP contribution in [0.3, 0.4) is 0 Å². The first-order chi connectivity index (χ1) is 16.4. The topological polar surface area (TPSA) is 78.0 Å². The maximum absolute atomic E-state index is 13.4. The Hall–Kier alpha value is -3.42. The number of pyridine rings is 1. The fourth-order valence-corrected chi connectivity index (χ4v) is 5.11. The van der Waals surface area contributed by atoms with Crippen molar-refractivity contribution in [3.63, 3.8) is 0 Å². The second-order valence-corrected chi connectivity index (χ2v) is 9.27. The van der Waals surface area contributed by atoms with Gasteiger partial charge in [0.25, 0.3) is 5.56 Å². The minimum atomic E-state index is -0.434. The predicted octanol–water partition coefficient (Wildman–Crippen LogP) is 5.70. The number of para-hydroxylation sites is 1. The molecule has 8 heteroatoms. The van der Waals surface area contributed by atoms with Crippen LogP contribution in [0.2, 0.25) is 5.02 Å². The fourth-order valence-electron chi connectivity index (χ4n) is 3.82. The molecule has 0 atom stereocenters. The molecule has 0 radical (unpaired) electrons. The van der Waals surface area contributed by atoms with Crippen LogP contribution in [-0.4, -0.2) is 14.5 Å². The Morgan fingerprint density at radius 3 is 2.62 bits per heavy atom. The van der Waals surface area contributed by atoms with E-state index in [0.717, 1.165) is 28.5 Å². The van der Waals surface area contributed by atoms with Gasteiger partial charge in [0.05, 0.1) is 10.9 Å². The van der Waals surface area contributed by atoms with Crippen molar-refractivity contribution in [3.05, 3.63) is 103 Å². The Labute approximate surface area is 204 Å². The fraction of sp³-hybridized carbons (Fsp3) is 0.154. The first-order valence-electron chi connectivity index (χ1n) is 10.8. The van der Waals surface area contributed by atoms with Gasteiger partial charge in [0.1, 0.15) is 11.4 Å². The molecule has 6 nitrogen and oxygen atoms in total. The van der Waals surface area contributed by atoms with Gasteiger partial charge in [-0.25, -0.2) is 19.3 Å². The number of hydrogen-bond donors (Lipinski definition) is 0. The zero-order valence-electron chi connectivity index (χ0n) is 18.5. The number of nitrogens with zero attached hydrogens (tertiary/aromatic N) is 3. The molecule has 0 aliphatic rings. The van der Waals surface area contributed by atoms with Crippen LogP contribution < -0.4 is 11.2 Å². The highest BCUT2D eigenvalue weighted by molar-refractivity contribution is 7.98. The quantitative estimate of drug-likeness (QED) is 0.179. The number of aromatic nitrogens is 3. The van der Waals surface area contributed by atoms with Crippen LogP contribution in [0.1, 0.15) is 23.6 Å². The van der Waals surface area contributed by atoms with E-state index in [1.54, 1.807) is 18.3 Å². The maximum Gasteiger partial charge on any atom is 0.336 e. The summed E-state index contributed by atoms with van der Waals surface area (Å²) in [7, 11) is 0. The van der Waals surface area contributed by atoms with Crippen LogP contribution >= 0.6 is 23.4 Å². The van der Waals surface area contributed by atoms with Crippen LogP contribution in [0.4, 0.5) is 0 Å². The lowest BCUT2D eigenvalue weighted by atomic mass is 10.1. The van der Waals surface area contributed by atoms with E-state index in [1.165, 1.54) is 22.4 Å². The number of hydrogen-bond acceptors (Lipinski definition) is 6. The van der Waals surface area contributed by atoms with E-state index in [-0.39, 0.29) is 5.56 Å². The Bertz CT molecular complexity index is 1660. The van der Waals surface area contributed by atoms with Crippen molar-refractivity contribution >= 4 is 45.2 Å². The molecular weight excluding hydrogens is 470 g/mol. The van der Waals surface area contributed by atoms with E-state index in [4.69, 9.17) is 21.0 Å². The summed E-state index contributed by atoms with van der Waals surface area (Å²) >= 11 is 7.80. The Kier molecular flexibility index (Phi) is 5.98. The van der Waals surface area contributed by atoms with E-state index in [2.05, 4.69) is 4.98 Å². The molecule has 3 heterocycles. The van der Waals surface area contributed by atoms with Crippen molar-refractivity contribution in [1.29, 1.82) is 0 Å². The lowest BCUT2D eigenvalue weighted by Crippen LogP contribution is -2.22. The van der Waals surface area contributed by atoms with Crippen LogP contribution in [0.15, 0.2) is 80.0 Å². The number of rotatable bonds is 5. The van der Waals surface area contributed by atoms with E-state index in [9.17, 15) is 9.59 Å². The molecular formula is C26H20ClN3O3S. The molecule has 34 heavy (non-hydrogen) atoms. The molecule has 0 amide bonds. The summed E-state index contributed by atoms with van der Waals surface area (Å²) in [6.45, 7) is 3.93. The summed E-state index contributed by atoms with van der Waals surface area (Å²) in [5, 5.41) is 2.38. The van der Waals surface area contributed by atoms with Crippen LogP contribution in [0, 0.1) is 6.92 Å². The Morgan fingerprint density at radius 1 is 1.03 bits per heavy atom. The first-order valence-corrected chi connectivity index (χ1v) is 12.1. The highest BCUT2D eigenvalue weighted by Gasteiger charge is 2.16. The largest absolute Gasteiger partial charge is 0.423 e. The second-order valence-electron chi connectivity index (χ2n) is 7.92. The summed E-state index contributed by atoms with van der Waals surface area (Å²) in [4.78, 5) is 34.9. The third kappa shape index (κ3) is 4.13. The van der Waals surface area contributed by atoms with Crippen molar-refractivity contribution in [2.75, 3.05) is 0 Å². The highest BCUT2D eigenvalue weighted by Crippen LogP contribution is 2.30. The summed E-state index contributed by atoms with van der Waals surface area (Å²) in [6.07, 6.45) is 2.45. The molecule has 5 aromatic rings. The molecule has 0 bridgehead atoms. The van der Waals surface area contributed by atoms with Crippen molar-refractivity contribution in [1.82, 2.24) is 14.5 Å². The molecule has 3 aromatic heterocycles. The van der Waals surface area contributed by atoms with Crippen molar-refractivity contribution in [2.24, 2.45) is 0 Å². The Morgan fingerprint density at radius 2 is 1.85 bits per heavy atom. The third-order valence-electron chi connectivity index (χ3n) is 5.60. The smallest absolute Gasteiger partial charge is 0.336 e. The van der Waals surface area contributed by atoms with Gasteiger partial charge in [0, 0.05) is 28.4 Å². The first kappa shape index (κ1) is 22.4. The van der Waals surface area contributed by atoms with Gasteiger partial charge < -0.3 is 4.42 Å². The van der Waals surface area contributed by atoms with E-state index >= 15 is 0 Å². The summed E-state index contributed by atoms with van der Waals surface area (Å²) < 4.78 is 6.94. The van der Waals surface area contributed by atoms with Gasteiger partial charge in [-0.15, -0.1) is 0 Å². The third-order valence-corrected chi connectivity index (χ3v) is 6.94. The molecule has 2 aromatic carbocycles. The van der Waals surface area contributed by atoms with E-state index in [1.807, 2.05) is 50.2 Å². The van der Waals surface area contributed by atoms with Gasteiger partial charge >= 0.3 is 5.63 Å². The number of benzene rings is 2. The lowest BCUT2D eigenvalue weighted by molar-refractivity contribution is 0.559. The zero-order valence-corrected chi connectivity index (χ0v) is 20.1. The van der Waals surface area contributed by atoms with Crippen LogP contribution in [0.5, 0.6) is 0 Å². The number of fused-ring (bicyclic) bond motifs is 2. The molecule has 0 aliphatic carbocycles. The second kappa shape index (κ2) is 9.08. The SMILES string of the molecule is CCc1cc2oc(=O)cc(CSc3nc4ccccc4c(=O)n3-c3ccc(C)cn3)c2cc1Cl. The minimum absolute atomic E-state index is 0.197. The monoisotopic (exact) mass is 489 g/mol. The summed E-state index contributed by atoms with van der Waals surface area (Å²) in [6, 6.07) is 16.0. The molecule has 0 spiro atoms. The number of halogens is 1. The molecule has 0 aliphatic heterocycles. The van der Waals surface area contributed by atoms with Crippen molar-refractivity contribution < 1.29 is 4.42 Å². The van der Waals surface area contributed by atoms with Crippen molar-refractivity contribution in [2.45, 2.75) is 31.2 Å². The highest BCUT2D eigenvalue weighted by atomic mass is 35.5. The average Bonchev–Trinajstić information content (AvgIpc) is 2.83. The van der Waals surface area contributed by atoms with Gasteiger partial charge in [-0.2, -0.15) is 0 Å². The van der Waals surface area contributed by atoms with Gasteiger partial charge in [-0.3, -0.25) is 4.79 Å². The van der Waals surface area contributed by atoms with Crippen LogP contribution in [0.25, 0.3) is 27.7 Å². The molecule has 0 fully saturated rings. The number of aryl methyl sites for hydroxylation is 2. The summed E-state index contributed by atoms with van der Waals surface area (Å²) in [5.74, 6) is 0.880. The Balaban J connectivity index is 1.64. The van der Waals surface area contributed by atoms with E-state index in [0.29, 0.717) is 38.2 Å². The van der Waals surface area contributed by atoms with Crippen molar-refractivity contribution in [3.8, 4) is 5.82 Å². The molecule has 0 saturated carbocycles. The standard InChI is InChI=1S/C26H20ClN3O3S/c1-3-16-10-22-19(12-20(16)27)17(11-24(31)33-22)14-34-26-29-21-7-5-4-6-18(21)25(32)30(26)23-9-8-15(2)13-28-23/h4-13H,3,14H2,1-2H3. The van der Waals surface area contributed by atoms with Gasteiger partial charge in [0.15, 0.2) is 5.16 Å². The molecule has 0 N–H and O–H groups in total. The zero-order chi connectivity index (χ0) is 23.8. The van der Waals surface area contributed by atoms with Crippen LogP contribution in [-0.2, 0) is 12.2 Å². The molecule has 0 unspecified atom stereocenters. The normalized spacial score (nSPS) is 11.4. The maximum atomic E-state index is 13.4. The van der Waals surface area contributed by atoms with Gasteiger partial charge in [-0.1, -0.05) is 48.5 Å². The van der Waals surface area contributed by atoms with E-state index < -0.39 is 5.63 Å². The molecule has 5 rings (SSSR count). The molecule has 170 valence electrons. The van der Waals surface area contributed by atoms with Gasteiger partial charge in [-0.05, 0) is 60.4 Å². The molecule has 0 saturated heterocycles. The van der Waals surface area contributed by atoms with Gasteiger partial charge in [0.2, 0.25) is 0 Å². The predicted molar refractivity (Wildman–Crippen MR) is 136 cm³/mol. The number of thioether (sulfide) groups is 1.